The highest BCUT2D eigenvalue weighted by atomic mass is 32.2. The van der Waals surface area contributed by atoms with Gasteiger partial charge in [0.05, 0.1) is 16.5 Å². The topological polar surface area (TPSA) is 79.4 Å². The third-order valence-corrected chi connectivity index (χ3v) is 6.80. The van der Waals surface area contributed by atoms with Gasteiger partial charge < -0.3 is 5.32 Å². The first-order chi connectivity index (χ1) is 12.3. The number of sulfonamides is 1. The van der Waals surface area contributed by atoms with Crippen molar-refractivity contribution in [2.45, 2.75) is 18.9 Å². The van der Waals surface area contributed by atoms with E-state index in [0.29, 0.717) is 30.0 Å². The Morgan fingerprint density at radius 1 is 1.35 bits per heavy atom. The van der Waals surface area contributed by atoms with E-state index in [0.717, 1.165) is 21.7 Å². The maximum absolute atomic E-state index is 13.4. The predicted molar refractivity (Wildman–Crippen MR) is 100 cm³/mol. The second-order valence-electron chi connectivity index (χ2n) is 6.32. The number of rotatable bonds is 3. The lowest BCUT2D eigenvalue weighted by molar-refractivity contribution is -0.119. The fourth-order valence-electron chi connectivity index (χ4n) is 3.33. The van der Waals surface area contributed by atoms with Crippen molar-refractivity contribution in [3.05, 3.63) is 36.1 Å². The van der Waals surface area contributed by atoms with Crippen LogP contribution in [0.4, 0.5) is 9.52 Å². The first-order valence-corrected chi connectivity index (χ1v) is 10.8. The molecule has 2 aromatic carbocycles. The van der Waals surface area contributed by atoms with Crippen LogP contribution >= 0.6 is 11.3 Å². The molecule has 1 amide bonds. The quantitative estimate of drug-likeness (QED) is 0.742. The van der Waals surface area contributed by atoms with E-state index in [2.05, 4.69) is 10.3 Å². The van der Waals surface area contributed by atoms with Crippen LogP contribution in [0.2, 0.25) is 0 Å². The van der Waals surface area contributed by atoms with Crippen LogP contribution in [-0.4, -0.2) is 42.5 Å². The van der Waals surface area contributed by atoms with E-state index in [9.17, 15) is 17.6 Å². The Hall–Kier alpha value is -2.10. The first-order valence-electron chi connectivity index (χ1n) is 8.09. The van der Waals surface area contributed by atoms with Crippen LogP contribution in [0.1, 0.15) is 12.8 Å². The molecule has 1 unspecified atom stereocenters. The van der Waals surface area contributed by atoms with Gasteiger partial charge in [-0.05, 0) is 42.5 Å². The molecule has 136 valence electrons. The van der Waals surface area contributed by atoms with Crippen molar-refractivity contribution in [2.24, 2.45) is 0 Å². The lowest BCUT2D eigenvalue weighted by Crippen LogP contribution is -2.42. The van der Waals surface area contributed by atoms with E-state index >= 15 is 0 Å². The third-order valence-electron chi connectivity index (χ3n) is 4.49. The standard InChI is InChI=1S/C17H16FN3O3S2/c1-26(23,24)21-8-2-3-14(21)16(22)20-17-19-13-7-4-10-9-11(18)5-6-12(10)15(13)25-17/h4-7,9,14H,2-3,8H2,1H3,(H,19,20,22). The van der Waals surface area contributed by atoms with E-state index in [1.54, 1.807) is 18.2 Å². The van der Waals surface area contributed by atoms with Crippen LogP contribution in [0.5, 0.6) is 0 Å². The van der Waals surface area contributed by atoms with Gasteiger partial charge >= 0.3 is 0 Å². The summed E-state index contributed by atoms with van der Waals surface area (Å²) in [7, 11) is -3.43. The number of thiazole rings is 1. The number of hydrogen-bond donors (Lipinski definition) is 1. The van der Waals surface area contributed by atoms with Crippen LogP contribution in [0.3, 0.4) is 0 Å². The van der Waals surface area contributed by atoms with E-state index in [1.165, 1.54) is 27.8 Å². The Kier molecular flexibility index (Phi) is 4.17. The van der Waals surface area contributed by atoms with Crippen molar-refractivity contribution in [1.82, 2.24) is 9.29 Å². The number of amides is 1. The molecule has 4 rings (SSSR count). The van der Waals surface area contributed by atoms with Gasteiger partial charge in [-0.1, -0.05) is 17.4 Å². The summed E-state index contributed by atoms with van der Waals surface area (Å²) in [5, 5.41) is 4.77. The zero-order valence-corrected chi connectivity index (χ0v) is 15.5. The zero-order valence-electron chi connectivity index (χ0n) is 13.9. The monoisotopic (exact) mass is 393 g/mol. The molecule has 1 atom stereocenters. The van der Waals surface area contributed by atoms with E-state index in [1.807, 2.05) is 0 Å². The smallest absolute Gasteiger partial charge is 0.244 e. The van der Waals surface area contributed by atoms with Gasteiger partial charge in [0.25, 0.3) is 0 Å². The maximum Gasteiger partial charge on any atom is 0.244 e. The molecule has 0 saturated carbocycles. The lowest BCUT2D eigenvalue weighted by Gasteiger charge is -2.20. The molecule has 2 heterocycles. The average Bonchev–Trinajstić information content (AvgIpc) is 3.20. The van der Waals surface area contributed by atoms with Gasteiger partial charge in [0, 0.05) is 11.9 Å². The largest absolute Gasteiger partial charge is 0.301 e. The first kappa shape index (κ1) is 17.3. The molecule has 1 aliphatic rings. The molecule has 0 spiro atoms. The van der Waals surface area contributed by atoms with Crippen molar-refractivity contribution >= 4 is 53.4 Å². The number of nitrogens with one attached hydrogen (secondary N) is 1. The minimum atomic E-state index is -3.43. The van der Waals surface area contributed by atoms with E-state index in [-0.39, 0.29) is 11.7 Å². The Morgan fingerprint density at radius 2 is 2.15 bits per heavy atom. The molecule has 1 aliphatic heterocycles. The maximum atomic E-state index is 13.4. The minimum Gasteiger partial charge on any atom is -0.301 e. The Balaban J connectivity index is 1.65. The van der Waals surface area contributed by atoms with E-state index in [4.69, 9.17) is 0 Å². The molecule has 1 N–H and O–H groups in total. The summed E-state index contributed by atoms with van der Waals surface area (Å²) >= 11 is 1.29. The highest BCUT2D eigenvalue weighted by molar-refractivity contribution is 7.88. The third kappa shape index (κ3) is 3.06. The molecule has 0 bridgehead atoms. The second-order valence-corrected chi connectivity index (χ2v) is 9.25. The number of halogens is 1. The molecule has 3 aromatic rings. The molecule has 26 heavy (non-hydrogen) atoms. The van der Waals surface area contributed by atoms with Gasteiger partial charge in [-0.15, -0.1) is 0 Å². The predicted octanol–water partition coefficient (Wildman–Crippen LogP) is 2.95. The minimum absolute atomic E-state index is 0.308. The summed E-state index contributed by atoms with van der Waals surface area (Å²) < 4.78 is 39.1. The van der Waals surface area contributed by atoms with Crippen LogP contribution in [0, 0.1) is 5.82 Å². The number of aromatic nitrogens is 1. The number of hydrogen-bond acceptors (Lipinski definition) is 5. The molecular weight excluding hydrogens is 377 g/mol. The Bertz CT molecular complexity index is 1130. The summed E-state index contributed by atoms with van der Waals surface area (Å²) in [4.78, 5) is 17.0. The van der Waals surface area contributed by atoms with Crippen molar-refractivity contribution in [3.8, 4) is 0 Å². The SMILES string of the molecule is CS(=O)(=O)N1CCCC1C(=O)Nc1nc2ccc3cc(F)ccc3c2s1. The molecule has 0 radical (unpaired) electrons. The number of fused-ring (bicyclic) bond motifs is 3. The van der Waals surface area contributed by atoms with Crippen LogP contribution in [-0.2, 0) is 14.8 Å². The molecule has 1 fully saturated rings. The fourth-order valence-corrected chi connectivity index (χ4v) is 5.45. The van der Waals surface area contributed by atoms with Gasteiger partial charge in [-0.3, -0.25) is 4.79 Å². The van der Waals surface area contributed by atoms with Crippen LogP contribution in [0.25, 0.3) is 21.0 Å². The Morgan fingerprint density at radius 3 is 2.92 bits per heavy atom. The summed E-state index contributed by atoms with van der Waals surface area (Å²) in [6.45, 7) is 0.354. The summed E-state index contributed by atoms with van der Waals surface area (Å²) in [5.41, 5.74) is 0.704. The lowest BCUT2D eigenvalue weighted by atomic mass is 10.1. The average molecular weight is 393 g/mol. The normalized spacial score (nSPS) is 18.6. The van der Waals surface area contributed by atoms with Gasteiger partial charge in [0.1, 0.15) is 11.9 Å². The fraction of sp³-hybridized carbons (Fsp3) is 0.294. The highest BCUT2D eigenvalue weighted by Crippen LogP contribution is 2.33. The number of benzene rings is 2. The highest BCUT2D eigenvalue weighted by Gasteiger charge is 2.36. The molecular formula is C17H16FN3O3S2. The Labute approximate surface area is 153 Å². The van der Waals surface area contributed by atoms with Crippen LogP contribution in [0.15, 0.2) is 30.3 Å². The summed E-state index contributed by atoms with van der Waals surface area (Å²) in [5.74, 6) is -0.681. The van der Waals surface area contributed by atoms with Gasteiger partial charge in [-0.2, -0.15) is 4.31 Å². The van der Waals surface area contributed by atoms with Gasteiger partial charge in [-0.25, -0.2) is 17.8 Å². The van der Waals surface area contributed by atoms with Gasteiger partial charge in [0.2, 0.25) is 15.9 Å². The number of nitrogens with zero attached hydrogens (tertiary/aromatic N) is 2. The van der Waals surface area contributed by atoms with Crippen molar-refractivity contribution < 1.29 is 17.6 Å². The molecule has 9 heteroatoms. The van der Waals surface area contributed by atoms with Gasteiger partial charge in [0.15, 0.2) is 5.13 Å². The zero-order chi connectivity index (χ0) is 18.5. The second kappa shape index (κ2) is 6.26. The summed E-state index contributed by atoms with van der Waals surface area (Å²) in [6.07, 6.45) is 2.26. The molecule has 1 saturated heterocycles. The molecule has 0 aliphatic carbocycles. The van der Waals surface area contributed by atoms with Crippen molar-refractivity contribution in [1.29, 1.82) is 0 Å². The molecule has 1 aromatic heterocycles. The molecule has 6 nitrogen and oxygen atoms in total. The van der Waals surface area contributed by atoms with E-state index < -0.39 is 16.1 Å². The number of carbonyl (C=O) groups is 1. The number of carbonyl (C=O) groups excluding carboxylic acids is 1. The van der Waals surface area contributed by atoms with Crippen LogP contribution < -0.4 is 5.32 Å². The number of anilines is 1. The summed E-state index contributed by atoms with van der Waals surface area (Å²) in [6, 6.07) is 7.40. The van der Waals surface area contributed by atoms with Crippen molar-refractivity contribution in [2.75, 3.05) is 18.1 Å². The van der Waals surface area contributed by atoms with Crippen molar-refractivity contribution in [3.63, 3.8) is 0 Å².